The lowest BCUT2D eigenvalue weighted by molar-refractivity contribution is -0.385. The number of pyridine rings is 1. The molecular weight excluding hydrogens is 298 g/mol. The summed E-state index contributed by atoms with van der Waals surface area (Å²) in [6.07, 6.45) is -0.752. The van der Waals surface area contributed by atoms with Crippen LogP contribution < -0.4 is 10.1 Å². The van der Waals surface area contributed by atoms with Gasteiger partial charge in [-0.25, -0.2) is 4.98 Å². The van der Waals surface area contributed by atoms with E-state index in [1.807, 2.05) is 6.92 Å². The first kappa shape index (κ1) is 16.7. The zero-order valence-electron chi connectivity index (χ0n) is 13.2. The summed E-state index contributed by atoms with van der Waals surface area (Å²) in [5, 5.41) is 24.2. The first-order valence-corrected chi connectivity index (χ1v) is 7.13. The maximum Gasteiger partial charge on any atom is 0.290 e. The number of benzene rings is 1. The van der Waals surface area contributed by atoms with Gasteiger partial charge in [0.2, 0.25) is 0 Å². The SMILES string of the molecule is COc1ccc([C@@H](O)[C@@H](C)Nc2ccc([N+](=O)[O-])c(C)n2)cc1. The van der Waals surface area contributed by atoms with Gasteiger partial charge in [0.1, 0.15) is 17.3 Å². The van der Waals surface area contributed by atoms with Crippen molar-refractivity contribution < 1.29 is 14.8 Å². The van der Waals surface area contributed by atoms with E-state index in [0.29, 0.717) is 17.3 Å². The Bertz CT molecular complexity index is 688. The number of hydrogen-bond donors (Lipinski definition) is 2. The minimum Gasteiger partial charge on any atom is -0.497 e. The van der Waals surface area contributed by atoms with E-state index in [9.17, 15) is 15.2 Å². The molecule has 1 aromatic heterocycles. The van der Waals surface area contributed by atoms with Crippen LogP contribution in [0.25, 0.3) is 0 Å². The van der Waals surface area contributed by atoms with E-state index in [0.717, 1.165) is 5.56 Å². The van der Waals surface area contributed by atoms with Gasteiger partial charge in [-0.3, -0.25) is 10.1 Å². The molecule has 0 aliphatic rings. The quantitative estimate of drug-likeness (QED) is 0.628. The summed E-state index contributed by atoms with van der Waals surface area (Å²) in [6, 6.07) is 9.74. The van der Waals surface area contributed by atoms with Crippen molar-refractivity contribution in [3.63, 3.8) is 0 Å². The fourth-order valence-electron chi connectivity index (χ4n) is 2.23. The van der Waals surface area contributed by atoms with Gasteiger partial charge < -0.3 is 15.2 Å². The summed E-state index contributed by atoms with van der Waals surface area (Å²) in [5.74, 6) is 1.20. The van der Waals surface area contributed by atoms with E-state index in [1.54, 1.807) is 38.3 Å². The summed E-state index contributed by atoms with van der Waals surface area (Å²) in [6.45, 7) is 3.39. The molecule has 2 aromatic rings. The average Bonchev–Trinajstić information content (AvgIpc) is 2.54. The van der Waals surface area contributed by atoms with Crippen LogP contribution in [0.1, 0.15) is 24.3 Å². The van der Waals surface area contributed by atoms with Crippen molar-refractivity contribution in [1.29, 1.82) is 0 Å². The number of nitrogens with one attached hydrogen (secondary N) is 1. The molecule has 2 N–H and O–H groups in total. The van der Waals surface area contributed by atoms with E-state index in [2.05, 4.69) is 10.3 Å². The molecule has 23 heavy (non-hydrogen) atoms. The number of aryl methyl sites for hydroxylation is 1. The number of hydrogen-bond acceptors (Lipinski definition) is 6. The highest BCUT2D eigenvalue weighted by Crippen LogP contribution is 2.23. The minimum atomic E-state index is -0.752. The molecule has 0 spiro atoms. The highest BCUT2D eigenvalue weighted by Gasteiger charge is 2.18. The third kappa shape index (κ3) is 3.95. The molecule has 1 aromatic carbocycles. The predicted molar refractivity (Wildman–Crippen MR) is 86.7 cm³/mol. The molecule has 0 saturated heterocycles. The molecule has 2 atom stereocenters. The summed E-state index contributed by atoms with van der Waals surface area (Å²) < 4.78 is 5.09. The maximum atomic E-state index is 10.8. The minimum absolute atomic E-state index is 0.0288. The van der Waals surface area contributed by atoms with Crippen LogP contribution in [-0.2, 0) is 0 Å². The number of rotatable bonds is 6. The highest BCUT2D eigenvalue weighted by atomic mass is 16.6. The van der Waals surface area contributed by atoms with Gasteiger partial charge in [-0.1, -0.05) is 12.1 Å². The molecule has 7 nitrogen and oxygen atoms in total. The number of aliphatic hydroxyl groups is 1. The number of ether oxygens (including phenoxy) is 1. The molecule has 7 heteroatoms. The van der Waals surface area contributed by atoms with Crippen molar-refractivity contribution in [2.75, 3.05) is 12.4 Å². The Kier molecular flexibility index (Phi) is 5.13. The molecule has 0 saturated carbocycles. The monoisotopic (exact) mass is 317 g/mol. The Morgan fingerprint density at radius 3 is 2.43 bits per heavy atom. The van der Waals surface area contributed by atoms with Crippen molar-refractivity contribution in [1.82, 2.24) is 4.98 Å². The molecule has 0 amide bonds. The van der Waals surface area contributed by atoms with Crippen molar-refractivity contribution in [3.8, 4) is 5.75 Å². The standard InChI is InChI=1S/C16H19N3O4/c1-10-14(19(21)22)8-9-15(17-10)18-11(2)16(20)12-4-6-13(23-3)7-5-12/h4-9,11,16,20H,1-3H3,(H,17,18)/t11-,16+/m1/s1. The summed E-state index contributed by atoms with van der Waals surface area (Å²) in [5.41, 5.74) is 1.04. The van der Waals surface area contributed by atoms with Gasteiger partial charge in [0.25, 0.3) is 5.69 Å². The second-order valence-corrected chi connectivity index (χ2v) is 5.21. The molecule has 122 valence electrons. The van der Waals surface area contributed by atoms with Crippen molar-refractivity contribution >= 4 is 11.5 Å². The second kappa shape index (κ2) is 7.06. The lowest BCUT2D eigenvalue weighted by atomic mass is 10.0. The van der Waals surface area contributed by atoms with Gasteiger partial charge in [0.05, 0.1) is 24.2 Å². The van der Waals surface area contributed by atoms with E-state index < -0.39 is 11.0 Å². The van der Waals surface area contributed by atoms with E-state index in [-0.39, 0.29) is 11.7 Å². The average molecular weight is 317 g/mol. The first-order chi connectivity index (χ1) is 10.9. The molecule has 1 heterocycles. The fourth-order valence-corrected chi connectivity index (χ4v) is 2.23. The number of methoxy groups -OCH3 is 1. The third-order valence-corrected chi connectivity index (χ3v) is 3.56. The molecule has 2 rings (SSSR count). The van der Waals surface area contributed by atoms with Gasteiger partial charge in [-0.2, -0.15) is 0 Å². The van der Waals surface area contributed by atoms with Gasteiger partial charge in [-0.15, -0.1) is 0 Å². The van der Waals surface area contributed by atoms with E-state index in [1.165, 1.54) is 12.1 Å². The van der Waals surface area contributed by atoms with Crippen LogP contribution in [0.4, 0.5) is 11.5 Å². The summed E-state index contributed by atoms with van der Waals surface area (Å²) in [4.78, 5) is 14.5. The van der Waals surface area contributed by atoms with Crippen molar-refractivity contribution in [2.24, 2.45) is 0 Å². The van der Waals surface area contributed by atoms with E-state index in [4.69, 9.17) is 4.74 Å². The zero-order chi connectivity index (χ0) is 17.0. The predicted octanol–water partition coefficient (Wildman–Crippen LogP) is 2.84. The largest absolute Gasteiger partial charge is 0.497 e. The summed E-state index contributed by atoms with van der Waals surface area (Å²) in [7, 11) is 1.58. The van der Waals surface area contributed by atoms with Crippen LogP contribution in [0.15, 0.2) is 36.4 Å². The Morgan fingerprint density at radius 2 is 1.91 bits per heavy atom. The maximum absolute atomic E-state index is 10.8. The normalized spacial score (nSPS) is 13.2. The topological polar surface area (TPSA) is 97.5 Å². The Balaban J connectivity index is 2.09. The number of nitro groups is 1. The molecule has 0 aliphatic heterocycles. The van der Waals surface area contributed by atoms with Crippen LogP contribution >= 0.6 is 0 Å². The number of anilines is 1. The molecule has 0 aliphatic carbocycles. The highest BCUT2D eigenvalue weighted by molar-refractivity contribution is 5.45. The Hall–Kier alpha value is -2.67. The van der Waals surface area contributed by atoms with Crippen LogP contribution in [-0.4, -0.2) is 28.2 Å². The molecule has 0 radical (unpaired) electrons. The molecule has 0 bridgehead atoms. The van der Waals surface area contributed by atoms with Crippen LogP contribution in [0.5, 0.6) is 5.75 Å². The van der Waals surface area contributed by atoms with Crippen molar-refractivity contribution in [3.05, 3.63) is 57.8 Å². The van der Waals surface area contributed by atoms with Gasteiger partial charge in [0, 0.05) is 6.07 Å². The second-order valence-electron chi connectivity index (χ2n) is 5.21. The fraction of sp³-hybridized carbons (Fsp3) is 0.312. The lowest BCUT2D eigenvalue weighted by Crippen LogP contribution is -2.24. The van der Waals surface area contributed by atoms with Crippen LogP contribution in [0, 0.1) is 17.0 Å². The molecule has 0 unspecified atom stereocenters. The van der Waals surface area contributed by atoms with Crippen molar-refractivity contribution in [2.45, 2.75) is 26.0 Å². The summed E-state index contributed by atoms with van der Waals surface area (Å²) >= 11 is 0. The van der Waals surface area contributed by atoms with Gasteiger partial charge >= 0.3 is 0 Å². The first-order valence-electron chi connectivity index (χ1n) is 7.13. The number of nitrogens with zero attached hydrogens (tertiary/aromatic N) is 2. The Morgan fingerprint density at radius 1 is 1.26 bits per heavy atom. The van der Waals surface area contributed by atoms with Gasteiger partial charge in [-0.05, 0) is 37.6 Å². The zero-order valence-corrected chi connectivity index (χ0v) is 13.2. The Labute approximate surface area is 134 Å². The van der Waals surface area contributed by atoms with Gasteiger partial charge in [0.15, 0.2) is 0 Å². The molecule has 0 fully saturated rings. The smallest absolute Gasteiger partial charge is 0.290 e. The lowest BCUT2D eigenvalue weighted by Gasteiger charge is -2.21. The number of aromatic nitrogens is 1. The van der Waals surface area contributed by atoms with Crippen LogP contribution in [0.2, 0.25) is 0 Å². The number of aliphatic hydroxyl groups excluding tert-OH is 1. The third-order valence-electron chi connectivity index (χ3n) is 3.56. The molecular formula is C16H19N3O4. The van der Waals surface area contributed by atoms with E-state index >= 15 is 0 Å². The van der Waals surface area contributed by atoms with Crippen LogP contribution in [0.3, 0.4) is 0 Å².